The third-order valence-electron chi connectivity index (χ3n) is 4.89. The van der Waals surface area contributed by atoms with Crippen LogP contribution in [0.15, 0.2) is 18.2 Å². The maximum Gasteiger partial charge on any atom is 0.305 e. The molecule has 154 valence electrons. The summed E-state index contributed by atoms with van der Waals surface area (Å²) in [5, 5.41) is 10.0. The van der Waals surface area contributed by atoms with Crippen molar-refractivity contribution in [1.29, 1.82) is 0 Å². The number of phenols is 1. The molecule has 3 nitrogen and oxygen atoms in total. The molecule has 0 aliphatic heterocycles. The first-order chi connectivity index (χ1) is 13.2. The van der Waals surface area contributed by atoms with Crippen LogP contribution < -0.4 is 0 Å². The minimum atomic E-state index is -0.194. The normalized spacial score (nSPS) is 10.9. The van der Waals surface area contributed by atoms with E-state index in [2.05, 4.69) is 11.7 Å². The molecule has 1 N–H and O–H groups in total. The fourth-order valence-electron chi connectivity index (χ4n) is 3.13. The van der Waals surface area contributed by atoms with Crippen LogP contribution in [0.2, 0.25) is 0 Å². The maximum absolute atomic E-state index is 11.3. The molecule has 0 fully saturated rings. The zero-order chi connectivity index (χ0) is 19.7. The van der Waals surface area contributed by atoms with E-state index in [-0.39, 0.29) is 5.97 Å². The van der Waals surface area contributed by atoms with Gasteiger partial charge in [-0.25, -0.2) is 0 Å². The molecule has 0 spiro atoms. The first-order valence-corrected chi connectivity index (χ1v) is 11.8. The number of methoxy groups -OCH3 is 1. The lowest BCUT2D eigenvalue weighted by Crippen LogP contribution is -2.02. The van der Waals surface area contributed by atoms with Gasteiger partial charge in [-0.3, -0.25) is 4.79 Å². The van der Waals surface area contributed by atoms with Crippen molar-refractivity contribution in [2.75, 3.05) is 12.9 Å². The molecule has 4 heteroatoms. The van der Waals surface area contributed by atoms with Gasteiger partial charge in [-0.2, -0.15) is 11.8 Å². The van der Waals surface area contributed by atoms with Gasteiger partial charge in [0, 0.05) is 17.7 Å². The monoisotopic (exact) mass is 394 g/mol. The van der Waals surface area contributed by atoms with Crippen LogP contribution in [0.5, 0.6) is 5.75 Å². The van der Waals surface area contributed by atoms with Crippen molar-refractivity contribution >= 4 is 17.7 Å². The predicted octanol–water partition coefficient (Wildman–Crippen LogP) is 6.65. The second-order valence-corrected chi connectivity index (χ2v) is 8.38. The van der Waals surface area contributed by atoms with Crippen LogP contribution in [-0.2, 0) is 21.7 Å². The topological polar surface area (TPSA) is 46.5 Å². The molecule has 1 aromatic carbocycles. The standard InChI is InChI=1S/C23H38O3S/c1-3-4-5-6-7-8-9-10-11-12-17-27-19-21-18-20(13-15-22(21)24)14-16-23(25)26-2/h13,15,18,24H,3-12,14,16-17,19H2,1-2H3. The number of hydrogen-bond donors (Lipinski definition) is 1. The fraction of sp³-hybridized carbons (Fsp3) is 0.696. The Balaban J connectivity index is 2.09. The molecule has 0 heterocycles. The zero-order valence-corrected chi connectivity index (χ0v) is 18.1. The number of rotatable bonds is 16. The Kier molecular flexibility index (Phi) is 14.0. The Morgan fingerprint density at radius 1 is 1.00 bits per heavy atom. The number of hydrogen-bond acceptors (Lipinski definition) is 4. The van der Waals surface area contributed by atoms with Gasteiger partial charge >= 0.3 is 5.97 Å². The van der Waals surface area contributed by atoms with E-state index in [1.54, 1.807) is 6.07 Å². The Labute approximate surface area is 170 Å². The molecule has 1 aromatic rings. The highest BCUT2D eigenvalue weighted by molar-refractivity contribution is 7.98. The molecule has 0 bridgehead atoms. The summed E-state index contributed by atoms with van der Waals surface area (Å²) in [5.41, 5.74) is 2.04. The lowest BCUT2D eigenvalue weighted by molar-refractivity contribution is -0.140. The van der Waals surface area contributed by atoms with Crippen molar-refractivity contribution in [3.05, 3.63) is 29.3 Å². The number of benzene rings is 1. The third kappa shape index (κ3) is 12.0. The molecular formula is C23H38O3S. The number of carbonyl (C=O) groups is 1. The van der Waals surface area contributed by atoms with Crippen molar-refractivity contribution in [2.45, 2.75) is 89.7 Å². The first kappa shape index (κ1) is 23.9. The summed E-state index contributed by atoms with van der Waals surface area (Å²) in [6.45, 7) is 2.27. The lowest BCUT2D eigenvalue weighted by atomic mass is 10.1. The Morgan fingerprint density at radius 2 is 1.63 bits per heavy atom. The number of carbonyl (C=O) groups excluding carboxylic acids is 1. The summed E-state index contributed by atoms with van der Waals surface area (Å²) in [6.07, 6.45) is 14.7. The van der Waals surface area contributed by atoms with Gasteiger partial charge in [0.25, 0.3) is 0 Å². The molecule has 0 saturated carbocycles. The molecule has 0 aliphatic rings. The van der Waals surface area contributed by atoms with E-state index in [0.29, 0.717) is 18.6 Å². The van der Waals surface area contributed by atoms with Crippen molar-refractivity contribution < 1.29 is 14.6 Å². The predicted molar refractivity (Wildman–Crippen MR) is 116 cm³/mol. The number of thioether (sulfide) groups is 1. The maximum atomic E-state index is 11.3. The summed E-state index contributed by atoms with van der Waals surface area (Å²) in [6, 6.07) is 5.64. The number of aryl methyl sites for hydroxylation is 1. The van der Waals surface area contributed by atoms with Gasteiger partial charge in [-0.15, -0.1) is 0 Å². The minimum absolute atomic E-state index is 0.194. The Bertz CT molecular complexity index is 516. The molecule has 0 atom stereocenters. The highest BCUT2D eigenvalue weighted by Crippen LogP contribution is 2.25. The van der Waals surface area contributed by atoms with Gasteiger partial charge in [0.1, 0.15) is 5.75 Å². The molecule has 0 radical (unpaired) electrons. The van der Waals surface area contributed by atoms with Crippen LogP contribution in [0, 0.1) is 0 Å². The van der Waals surface area contributed by atoms with Gasteiger partial charge in [0.2, 0.25) is 0 Å². The molecule has 0 aromatic heterocycles. The minimum Gasteiger partial charge on any atom is -0.508 e. The average Bonchev–Trinajstić information content (AvgIpc) is 2.68. The highest BCUT2D eigenvalue weighted by atomic mass is 32.2. The van der Waals surface area contributed by atoms with Crippen LogP contribution in [0.4, 0.5) is 0 Å². The average molecular weight is 395 g/mol. The first-order valence-electron chi connectivity index (χ1n) is 10.6. The van der Waals surface area contributed by atoms with Crippen LogP contribution in [0.3, 0.4) is 0 Å². The largest absolute Gasteiger partial charge is 0.508 e. The summed E-state index contributed by atoms with van der Waals surface area (Å²) >= 11 is 1.88. The number of phenolic OH excluding ortho intramolecular Hbond substituents is 1. The van der Waals surface area contributed by atoms with Gasteiger partial charge < -0.3 is 9.84 Å². The molecule has 27 heavy (non-hydrogen) atoms. The SMILES string of the molecule is CCCCCCCCCCCCSCc1cc(CCC(=O)OC)ccc1O. The van der Waals surface area contributed by atoms with Crippen molar-refractivity contribution in [2.24, 2.45) is 0 Å². The second-order valence-electron chi connectivity index (χ2n) is 7.27. The van der Waals surface area contributed by atoms with Crippen LogP contribution >= 0.6 is 11.8 Å². The van der Waals surface area contributed by atoms with E-state index in [1.165, 1.54) is 71.3 Å². The van der Waals surface area contributed by atoms with Crippen molar-refractivity contribution in [3.8, 4) is 5.75 Å². The number of ether oxygens (including phenoxy) is 1. The quantitative estimate of drug-likeness (QED) is 0.252. The van der Waals surface area contributed by atoms with E-state index in [9.17, 15) is 9.90 Å². The molecule has 0 aliphatic carbocycles. The fourth-order valence-corrected chi connectivity index (χ4v) is 4.14. The van der Waals surface area contributed by atoms with Gasteiger partial charge in [-0.05, 0) is 30.2 Å². The van der Waals surface area contributed by atoms with E-state index in [1.807, 2.05) is 23.9 Å². The van der Waals surface area contributed by atoms with E-state index < -0.39 is 0 Å². The van der Waals surface area contributed by atoms with E-state index >= 15 is 0 Å². The molecule has 0 amide bonds. The molecule has 0 unspecified atom stereocenters. The summed E-state index contributed by atoms with van der Waals surface area (Å²) in [7, 11) is 1.41. The number of unbranched alkanes of at least 4 members (excludes halogenated alkanes) is 9. The van der Waals surface area contributed by atoms with Crippen LogP contribution in [-0.4, -0.2) is 23.9 Å². The van der Waals surface area contributed by atoms with Crippen LogP contribution in [0.25, 0.3) is 0 Å². The van der Waals surface area contributed by atoms with Gasteiger partial charge in [-0.1, -0.05) is 76.8 Å². The molecular weight excluding hydrogens is 356 g/mol. The van der Waals surface area contributed by atoms with Gasteiger partial charge in [0.15, 0.2) is 0 Å². The number of esters is 1. The summed E-state index contributed by atoms with van der Waals surface area (Å²) in [4.78, 5) is 11.3. The van der Waals surface area contributed by atoms with Gasteiger partial charge in [0.05, 0.1) is 7.11 Å². The van der Waals surface area contributed by atoms with Crippen molar-refractivity contribution in [3.63, 3.8) is 0 Å². The van der Waals surface area contributed by atoms with Crippen LogP contribution in [0.1, 0.15) is 88.7 Å². The second kappa shape index (κ2) is 15.9. The molecule has 0 saturated heterocycles. The van der Waals surface area contributed by atoms with E-state index in [4.69, 9.17) is 0 Å². The Morgan fingerprint density at radius 3 is 2.26 bits per heavy atom. The summed E-state index contributed by atoms with van der Waals surface area (Å²) < 4.78 is 4.68. The van der Waals surface area contributed by atoms with Crippen molar-refractivity contribution in [1.82, 2.24) is 0 Å². The number of aromatic hydroxyl groups is 1. The lowest BCUT2D eigenvalue weighted by Gasteiger charge is -2.08. The Hall–Kier alpha value is -1.16. The smallest absolute Gasteiger partial charge is 0.305 e. The van der Waals surface area contributed by atoms with E-state index in [0.717, 1.165) is 22.6 Å². The highest BCUT2D eigenvalue weighted by Gasteiger charge is 2.06. The molecule has 1 rings (SSSR count). The summed E-state index contributed by atoms with van der Waals surface area (Å²) in [5.74, 6) is 2.13. The third-order valence-corrected chi connectivity index (χ3v) is 5.98. The zero-order valence-electron chi connectivity index (χ0n) is 17.3.